The van der Waals surface area contributed by atoms with Gasteiger partial charge in [-0.25, -0.2) is 4.98 Å². The molecule has 3 rings (SSSR count). The van der Waals surface area contributed by atoms with Crippen molar-refractivity contribution in [2.24, 2.45) is 0 Å². The Bertz CT molecular complexity index is 777. The zero-order valence-electron chi connectivity index (χ0n) is 9.84. The molecule has 4 heteroatoms. The van der Waals surface area contributed by atoms with Gasteiger partial charge in [-0.15, -0.1) is 0 Å². The number of hydrogen-bond donors (Lipinski definition) is 1. The number of aromatic amines is 1. The van der Waals surface area contributed by atoms with Gasteiger partial charge in [0.25, 0.3) is 0 Å². The molecule has 18 heavy (non-hydrogen) atoms. The lowest BCUT2D eigenvalue weighted by molar-refractivity contribution is 1.08. The topological polar surface area (TPSA) is 41.6 Å². The summed E-state index contributed by atoms with van der Waals surface area (Å²) in [5, 5.41) is 1.12. The number of hydrogen-bond acceptors (Lipinski definition) is 3. The Morgan fingerprint density at radius 2 is 2.06 bits per heavy atom. The minimum Gasteiger partial charge on any atom is -0.335 e. The molecule has 2 aromatic heterocycles. The maximum absolute atomic E-state index is 5.10. The summed E-state index contributed by atoms with van der Waals surface area (Å²) >= 11 is 5.10. The van der Waals surface area contributed by atoms with Crippen LogP contribution in [0.4, 0.5) is 0 Å². The molecular formula is C14H11N3S. The summed E-state index contributed by atoms with van der Waals surface area (Å²) < 4.78 is 0.506. The predicted octanol–water partition coefficient (Wildman–Crippen LogP) is 3.66. The number of nitrogens with one attached hydrogen (secondary N) is 1. The van der Waals surface area contributed by atoms with Crippen LogP contribution in [-0.4, -0.2) is 15.0 Å². The number of aryl methyl sites for hydroxylation is 1. The van der Waals surface area contributed by atoms with Crippen LogP contribution in [-0.2, 0) is 0 Å². The van der Waals surface area contributed by atoms with E-state index in [4.69, 9.17) is 12.2 Å². The van der Waals surface area contributed by atoms with E-state index in [1.807, 2.05) is 37.3 Å². The largest absolute Gasteiger partial charge is 0.335 e. The van der Waals surface area contributed by atoms with Crippen LogP contribution in [0.1, 0.15) is 5.69 Å². The second kappa shape index (κ2) is 4.31. The van der Waals surface area contributed by atoms with Crippen molar-refractivity contribution in [1.82, 2.24) is 15.0 Å². The van der Waals surface area contributed by atoms with Crippen LogP contribution in [0.15, 0.2) is 42.6 Å². The van der Waals surface area contributed by atoms with E-state index in [1.54, 1.807) is 6.20 Å². The smallest absolute Gasteiger partial charge is 0.197 e. The van der Waals surface area contributed by atoms with Crippen molar-refractivity contribution in [3.8, 4) is 11.3 Å². The molecule has 88 valence electrons. The highest BCUT2D eigenvalue weighted by Crippen LogP contribution is 2.21. The van der Waals surface area contributed by atoms with E-state index in [-0.39, 0.29) is 0 Å². The van der Waals surface area contributed by atoms with E-state index in [2.05, 4.69) is 21.0 Å². The molecule has 0 saturated heterocycles. The highest BCUT2D eigenvalue weighted by atomic mass is 32.1. The van der Waals surface area contributed by atoms with Crippen molar-refractivity contribution < 1.29 is 0 Å². The van der Waals surface area contributed by atoms with Crippen molar-refractivity contribution >= 4 is 23.1 Å². The Balaban J connectivity index is 2.22. The number of fused-ring (bicyclic) bond motifs is 1. The van der Waals surface area contributed by atoms with Crippen LogP contribution in [0.2, 0.25) is 0 Å². The summed E-state index contributed by atoms with van der Waals surface area (Å²) in [4.78, 5) is 11.7. The van der Waals surface area contributed by atoms with Crippen molar-refractivity contribution in [3.05, 3.63) is 53.1 Å². The van der Waals surface area contributed by atoms with Gasteiger partial charge in [-0.2, -0.15) is 0 Å². The van der Waals surface area contributed by atoms with Gasteiger partial charge in [0.05, 0.1) is 11.2 Å². The molecule has 0 amide bonds. The van der Waals surface area contributed by atoms with Crippen molar-refractivity contribution in [2.75, 3.05) is 0 Å². The number of H-pyrrole nitrogens is 1. The third kappa shape index (κ3) is 2.02. The lowest BCUT2D eigenvalue weighted by Crippen LogP contribution is -1.90. The molecule has 3 aromatic rings. The average molecular weight is 253 g/mol. The number of benzene rings is 1. The number of pyridine rings is 1. The molecule has 0 aliphatic heterocycles. The van der Waals surface area contributed by atoms with Crippen LogP contribution in [0.25, 0.3) is 22.2 Å². The molecule has 0 saturated carbocycles. The summed E-state index contributed by atoms with van der Waals surface area (Å²) in [6, 6.07) is 12.1. The van der Waals surface area contributed by atoms with Crippen molar-refractivity contribution in [1.29, 1.82) is 0 Å². The fourth-order valence-electron chi connectivity index (χ4n) is 1.95. The average Bonchev–Trinajstić information content (AvgIpc) is 2.37. The third-order valence-corrected chi connectivity index (χ3v) is 2.97. The molecule has 0 unspecified atom stereocenters. The van der Waals surface area contributed by atoms with Gasteiger partial charge in [-0.3, -0.25) is 4.98 Å². The molecule has 0 radical (unpaired) electrons. The molecule has 0 atom stereocenters. The van der Waals surface area contributed by atoms with E-state index < -0.39 is 0 Å². The summed E-state index contributed by atoms with van der Waals surface area (Å²) in [7, 11) is 0. The summed E-state index contributed by atoms with van der Waals surface area (Å²) in [6.07, 6.45) is 1.79. The fraction of sp³-hybridized carbons (Fsp3) is 0.0714. The summed E-state index contributed by atoms with van der Waals surface area (Å²) in [5.74, 6) is 0. The number of aromatic nitrogens is 3. The zero-order valence-corrected chi connectivity index (χ0v) is 10.7. The second-order valence-electron chi connectivity index (χ2n) is 4.17. The van der Waals surface area contributed by atoms with Gasteiger partial charge in [0.2, 0.25) is 0 Å². The fourth-order valence-corrected chi connectivity index (χ4v) is 2.21. The van der Waals surface area contributed by atoms with E-state index in [0.717, 1.165) is 27.9 Å². The zero-order chi connectivity index (χ0) is 12.5. The van der Waals surface area contributed by atoms with Crippen molar-refractivity contribution in [2.45, 2.75) is 6.92 Å². The summed E-state index contributed by atoms with van der Waals surface area (Å²) in [6.45, 7) is 1.97. The molecule has 0 aliphatic carbocycles. The Labute approximate surface area is 110 Å². The van der Waals surface area contributed by atoms with Gasteiger partial charge < -0.3 is 4.98 Å². The van der Waals surface area contributed by atoms with Crippen LogP contribution in [0.3, 0.4) is 0 Å². The van der Waals surface area contributed by atoms with Gasteiger partial charge in [-0.1, -0.05) is 18.2 Å². The number of nitrogens with zero attached hydrogens (tertiary/aromatic N) is 2. The quantitative estimate of drug-likeness (QED) is 0.673. The van der Waals surface area contributed by atoms with Gasteiger partial charge >= 0.3 is 0 Å². The van der Waals surface area contributed by atoms with Crippen LogP contribution in [0, 0.1) is 11.7 Å². The Kier molecular flexibility index (Phi) is 2.64. The van der Waals surface area contributed by atoms with E-state index >= 15 is 0 Å². The van der Waals surface area contributed by atoms with Crippen LogP contribution >= 0.6 is 12.2 Å². The first-order valence-corrected chi connectivity index (χ1v) is 6.06. The molecule has 0 spiro atoms. The van der Waals surface area contributed by atoms with E-state index in [9.17, 15) is 0 Å². The monoisotopic (exact) mass is 253 g/mol. The highest BCUT2D eigenvalue weighted by Gasteiger charge is 2.02. The molecule has 1 aromatic carbocycles. The van der Waals surface area contributed by atoms with Crippen molar-refractivity contribution in [3.63, 3.8) is 0 Å². The van der Waals surface area contributed by atoms with E-state index in [1.165, 1.54) is 0 Å². The minimum atomic E-state index is 0.506. The first-order chi connectivity index (χ1) is 8.72. The first-order valence-electron chi connectivity index (χ1n) is 5.65. The lowest BCUT2D eigenvalue weighted by atomic mass is 10.1. The van der Waals surface area contributed by atoms with Gasteiger partial charge in [0, 0.05) is 22.8 Å². The Hall–Kier alpha value is -2.07. The molecule has 0 aliphatic rings. The van der Waals surface area contributed by atoms with Gasteiger partial charge in [-0.05, 0) is 37.3 Å². The molecule has 3 nitrogen and oxygen atoms in total. The number of rotatable bonds is 1. The SMILES string of the molecule is Cc1cc(-c2ccc3cccnc3c2)nc(=S)[nH]1. The summed E-state index contributed by atoms with van der Waals surface area (Å²) in [5.41, 5.74) is 3.88. The van der Waals surface area contributed by atoms with E-state index in [0.29, 0.717) is 4.77 Å². The molecule has 1 N–H and O–H groups in total. The molecule has 0 fully saturated rings. The third-order valence-electron chi connectivity index (χ3n) is 2.78. The maximum Gasteiger partial charge on any atom is 0.197 e. The molecular weight excluding hydrogens is 242 g/mol. The second-order valence-corrected chi connectivity index (χ2v) is 4.55. The lowest BCUT2D eigenvalue weighted by Gasteiger charge is -2.04. The predicted molar refractivity (Wildman–Crippen MR) is 74.9 cm³/mol. The minimum absolute atomic E-state index is 0.506. The van der Waals surface area contributed by atoms with Crippen LogP contribution in [0.5, 0.6) is 0 Å². The standard InChI is InChI=1S/C14H11N3S/c1-9-7-13(17-14(18)16-9)11-5-4-10-3-2-6-15-12(10)8-11/h2-8H,1H3,(H,16,17,18). The maximum atomic E-state index is 5.10. The Morgan fingerprint density at radius 3 is 2.89 bits per heavy atom. The van der Waals surface area contributed by atoms with Gasteiger partial charge in [0.15, 0.2) is 4.77 Å². The van der Waals surface area contributed by atoms with Gasteiger partial charge in [0.1, 0.15) is 0 Å². The normalized spacial score (nSPS) is 10.7. The highest BCUT2D eigenvalue weighted by molar-refractivity contribution is 7.71. The first kappa shape index (κ1) is 11.0. The van der Waals surface area contributed by atoms with Crippen LogP contribution < -0.4 is 0 Å². The molecule has 0 bridgehead atoms. The molecule has 2 heterocycles. The Morgan fingerprint density at radius 1 is 1.17 bits per heavy atom.